The average molecular weight is 554 g/mol. The van der Waals surface area contributed by atoms with Crippen LogP contribution in [0.3, 0.4) is 0 Å². The zero-order valence-corrected chi connectivity index (χ0v) is 20.5. The molecule has 5 rings (SSSR count). The summed E-state index contributed by atoms with van der Waals surface area (Å²) in [7, 11) is 0. The van der Waals surface area contributed by atoms with Crippen LogP contribution in [0, 0.1) is 11.6 Å². The van der Waals surface area contributed by atoms with Gasteiger partial charge in [0.25, 0.3) is 0 Å². The number of imide groups is 1. The van der Waals surface area contributed by atoms with Crippen LogP contribution >= 0.6 is 0 Å². The Hall–Kier alpha value is -4.10. The van der Waals surface area contributed by atoms with E-state index in [1.807, 2.05) is 0 Å². The van der Waals surface area contributed by atoms with Crippen molar-refractivity contribution in [3.8, 4) is 11.5 Å². The second-order valence-electron chi connectivity index (χ2n) is 9.49. The number of nitrogens with zero attached hydrogens (tertiary/aromatic N) is 1. The van der Waals surface area contributed by atoms with Crippen molar-refractivity contribution in [2.24, 2.45) is 0 Å². The molecule has 208 valence electrons. The number of halogens is 5. The Bertz CT molecular complexity index is 1350. The number of ether oxygens (including phenoxy) is 2. The number of benzene rings is 2. The Morgan fingerprint density at radius 3 is 2.62 bits per heavy atom. The fourth-order valence-corrected chi connectivity index (χ4v) is 5.13. The van der Waals surface area contributed by atoms with Crippen molar-refractivity contribution in [3.63, 3.8) is 0 Å². The van der Waals surface area contributed by atoms with Crippen LogP contribution in [0.2, 0.25) is 0 Å². The summed E-state index contributed by atoms with van der Waals surface area (Å²) >= 11 is 0. The monoisotopic (exact) mass is 554 g/mol. The van der Waals surface area contributed by atoms with Crippen molar-refractivity contribution < 1.29 is 45.8 Å². The first-order valence-corrected chi connectivity index (χ1v) is 12.1. The van der Waals surface area contributed by atoms with Gasteiger partial charge >= 0.3 is 12.4 Å². The summed E-state index contributed by atoms with van der Waals surface area (Å²) in [5.74, 6) is -3.56. The van der Waals surface area contributed by atoms with E-state index in [1.165, 1.54) is 6.07 Å². The van der Waals surface area contributed by atoms with Gasteiger partial charge in [-0.15, -0.1) is 13.2 Å². The molecule has 3 aliphatic heterocycles. The minimum Gasteiger partial charge on any atom is -0.491 e. The Kier molecular flexibility index (Phi) is 6.72. The van der Waals surface area contributed by atoms with E-state index in [1.54, 1.807) is 11.8 Å². The van der Waals surface area contributed by atoms with E-state index in [2.05, 4.69) is 20.7 Å². The van der Waals surface area contributed by atoms with Gasteiger partial charge < -0.3 is 25.0 Å². The third-order valence-corrected chi connectivity index (χ3v) is 7.05. The van der Waals surface area contributed by atoms with Crippen molar-refractivity contribution in [3.05, 3.63) is 47.0 Å². The molecule has 0 spiro atoms. The number of carbonyl (C=O) groups is 3. The van der Waals surface area contributed by atoms with Gasteiger partial charge in [0.05, 0.1) is 29.9 Å². The van der Waals surface area contributed by atoms with Crippen LogP contribution in [-0.4, -0.2) is 49.4 Å². The van der Waals surface area contributed by atoms with E-state index in [9.17, 15) is 31.9 Å². The predicted octanol–water partition coefficient (Wildman–Crippen LogP) is 3.72. The number of fused-ring (bicyclic) bond motifs is 1. The first-order valence-electron chi connectivity index (χ1n) is 12.1. The fourth-order valence-electron chi connectivity index (χ4n) is 5.13. The molecule has 0 aromatic heterocycles. The number of amides is 4. The SMILES string of the molecule is C[C@H]1[C@@H](NC(=O)Nc2cc(OC(F)(F)F)ccc2F)CN1c1cc(F)c(C2CCC(=O)NC2=O)c2c1OCC2. The number of alkyl halides is 3. The van der Waals surface area contributed by atoms with E-state index in [0.29, 0.717) is 36.1 Å². The Labute approximate surface area is 218 Å². The number of piperidine rings is 1. The Morgan fingerprint density at radius 1 is 1.15 bits per heavy atom. The number of urea groups is 1. The molecular weight excluding hydrogens is 531 g/mol. The number of rotatable bonds is 5. The normalized spacial score (nSPS) is 22.4. The Balaban J connectivity index is 1.27. The molecule has 2 aromatic rings. The van der Waals surface area contributed by atoms with Gasteiger partial charge in [-0.3, -0.25) is 14.9 Å². The fraction of sp³-hybridized carbons (Fsp3) is 0.400. The van der Waals surface area contributed by atoms with Crippen molar-refractivity contribution >= 4 is 29.2 Å². The molecule has 0 saturated carbocycles. The highest BCUT2D eigenvalue weighted by molar-refractivity contribution is 6.01. The van der Waals surface area contributed by atoms with Crippen molar-refractivity contribution in [2.45, 2.75) is 50.6 Å². The first kappa shape index (κ1) is 26.5. The first-order chi connectivity index (χ1) is 18.4. The zero-order valence-electron chi connectivity index (χ0n) is 20.5. The van der Waals surface area contributed by atoms with Crippen molar-refractivity contribution in [2.75, 3.05) is 23.4 Å². The molecule has 4 amide bonds. The molecule has 0 radical (unpaired) electrons. The number of hydrogen-bond acceptors (Lipinski definition) is 6. The van der Waals surface area contributed by atoms with Crippen LogP contribution in [0.25, 0.3) is 0 Å². The Morgan fingerprint density at radius 2 is 1.92 bits per heavy atom. The van der Waals surface area contributed by atoms with Crippen molar-refractivity contribution in [1.82, 2.24) is 10.6 Å². The lowest BCUT2D eigenvalue weighted by Crippen LogP contribution is -2.66. The van der Waals surface area contributed by atoms with Crippen LogP contribution < -0.4 is 30.3 Å². The highest BCUT2D eigenvalue weighted by Gasteiger charge is 2.42. The van der Waals surface area contributed by atoms with Gasteiger partial charge in [0.15, 0.2) is 0 Å². The van der Waals surface area contributed by atoms with Crippen LogP contribution in [0.1, 0.15) is 36.8 Å². The summed E-state index contributed by atoms with van der Waals surface area (Å²) in [4.78, 5) is 38.2. The zero-order chi connectivity index (χ0) is 28.1. The minimum absolute atomic E-state index is 0.106. The molecular formula is C25H23F5N4O5. The highest BCUT2D eigenvalue weighted by atomic mass is 19.4. The molecule has 3 heterocycles. The molecule has 9 nitrogen and oxygen atoms in total. The third-order valence-electron chi connectivity index (χ3n) is 7.05. The summed E-state index contributed by atoms with van der Waals surface area (Å²) in [5, 5.41) is 7.05. The maximum Gasteiger partial charge on any atom is 0.573 e. The second-order valence-corrected chi connectivity index (χ2v) is 9.49. The van der Waals surface area contributed by atoms with E-state index in [-0.39, 0.29) is 31.0 Å². The molecule has 2 fully saturated rings. The van der Waals surface area contributed by atoms with Gasteiger partial charge in [-0.1, -0.05) is 0 Å². The molecule has 14 heteroatoms. The highest BCUT2D eigenvalue weighted by Crippen LogP contribution is 2.46. The van der Waals surface area contributed by atoms with Crippen molar-refractivity contribution in [1.29, 1.82) is 0 Å². The van der Waals surface area contributed by atoms with Gasteiger partial charge in [0, 0.05) is 48.7 Å². The van der Waals surface area contributed by atoms with Crippen LogP contribution in [0.5, 0.6) is 11.5 Å². The van der Waals surface area contributed by atoms with E-state index in [4.69, 9.17) is 4.74 Å². The maximum atomic E-state index is 15.4. The lowest BCUT2D eigenvalue weighted by atomic mass is 9.85. The molecule has 39 heavy (non-hydrogen) atoms. The topological polar surface area (TPSA) is 109 Å². The molecule has 0 aliphatic carbocycles. The predicted molar refractivity (Wildman–Crippen MR) is 127 cm³/mol. The standard InChI is InChI=1S/C25H23F5N4O5/c1-11-18(32-24(37)31-17-8-12(2-4-15(17)26)39-25(28,29)30)10-34(11)19-9-16(27)21(13-6-7-38-22(13)19)14-3-5-20(35)33-23(14)36/h2,4,8-9,11,14,18H,3,5-7,10H2,1H3,(H2,31,32,37)(H,33,35,36)/t11-,14?,18-/m0/s1. The third kappa shape index (κ3) is 5.27. The van der Waals surface area contributed by atoms with Crippen LogP contribution in [-0.2, 0) is 16.0 Å². The lowest BCUT2D eigenvalue weighted by molar-refractivity contribution is -0.274. The second kappa shape index (κ2) is 9.89. The quantitative estimate of drug-likeness (QED) is 0.384. The minimum atomic E-state index is -4.98. The smallest absolute Gasteiger partial charge is 0.491 e. The van der Waals surface area contributed by atoms with Gasteiger partial charge in [-0.05, 0) is 25.5 Å². The molecule has 3 aliphatic rings. The number of nitrogens with one attached hydrogen (secondary N) is 3. The van der Waals surface area contributed by atoms with E-state index >= 15 is 4.39 Å². The molecule has 2 aromatic carbocycles. The lowest BCUT2D eigenvalue weighted by Gasteiger charge is -2.48. The van der Waals surface area contributed by atoms with Crippen LogP contribution in [0.4, 0.5) is 38.1 Å². The van der Waals surface area contributed by atoms with Gasteiger partial charge in [0.1, 0.15) is 23.1 Å². The number of carbonyl (C=O) groups excluding carboxylic acids is 3. The molecule has 3 atom stereocenters. The number of hydrogen-bond donors (Lipinski definition) is 3. The molecule has 1 unspecified atom stereocenters. The largest absolute Gasteiger partial charge is 0.573 e. The summed E-state index contributed by atoms with van der Waals surface area (Å²) in [6, 6.07) is 1.84. The summed E-state index contributed by atoms with van der Waals surface area (Å²) in [5.41, 5.74) is 0.731. The van der Waals surface area contributed by atoms with Gasteiger partial charge in [0.2, 0.25) is 11.8 Å². The summed E-state index contributed by atoms with van der Waals surface area (Å²) < 4.78 is 76.3. The maximum absolute atomic E-state index is 15.4. The average Bonchev–Trinajstić information content (AvgIpc) is 3.33. The molecule has 0 bridgehead atoms. The van der Waals surface area contributed by atoms with Crippen LogP contribution in [0.15, 0.2) is 24.3 Å². The van der Waals surface area contributed by atoms with Gasteiger partial charge in [-0.25, -0.2) is 13.6 Å². The number of anilines is 2. The van der Waals surface area contributed by atoms with E-state index in [0.717, 1.165) is 12.1 Å². The summed E-state index contributed by atoms with van der Waals surface area (Å²) in [6.07, 6.45) is -4.29. The molecule has 3 N–H and O–H groups in total. The van der Waals surface area contributed by atoms with Gasteiger partial charge in [-0.2, -0.15) is 0 Å². The van der Waals surface area contributed by atoms with E-state index < -0.39 is 59.2 Å². The molecule has 2 saturated heterocycles. The summed E-state index contributed by atoms with van der Waals surface area (Å²) in [6.45, 7) is 2.29.